The summed E-state index contributed by atoms with van der Waals surface area (Å²) in [7, 11) is 0. The number of nitrogens with one attached hydrogen (secondary N) is 3. The van der Waals surface area contributed by atoms with Crippen LogP contribution in [0.25, 0.3) is 5.69 Å². The lowest BCUT2D eigenvalue weighted by Crippen LogP contribution is -2.45. The first-order chi connectivity index (χ1) is 17.0. The van der Waals surface area contributed by atoms with Gasteiger partial charge in [-0.2, -0.15) is 0 Å². The zero-order chi connectivity index (χ0) is 24.4. The van der Waals surface area contributed by atoms with Crippen molar-refractivity contribution in [3.63, 3.8) is 0 Å². The Kier molecular flexibility index (Phi) is 6.39. The van der Waals surface area contributed by atoms with Crippen LogP contribution in [0.2, 0.25) is 0 Å². The quantitative estimate of drug-likeness (QED) is 0.206. The molecule has 0 bridgehead atoms. The van der Waals surface area contributed by atoms with E-state index in [2.05, 4.69) is 21.6 Å². The zero-order valence-corrected chi connectivity index (χ0v) is 20.2. The molecule has 8 nitrogen and oxygen atoms in total. The van der Waals surface area contributed by atoms with Gasteiger partial charge < -0.3 is 20.1 Å². The molecule has 1 atom stereocenters. The fourth-order valence-electron chi connectivity index (χ4n) is 4.25. The number of aliphatic carboxylic acids is 1. The first-order valence-corrected chi connectivity index (χ1v) is 11.8. The summed E-state index contributed by atoms with van der Waals surface area (Å²) in [6.45, 7) is 0.809. The van der Waals surface area contributed by atoms with Crippen molar-refractivity contribution < 1.29 is 14.6 Å². The summed E-state index contributed by atoms with van der Waals surface area (Å²) in [5, 5.41) is 18.7. The molecule has 3 aromatic carbocycles. The minimum atomic E-state index is -0.826. The smallest absolute Gasteiger partial charge is 0.326 e. The highest BCUT2D eigenvalue weighted by molar-refractivity contribution is 7.72. The van der Waals surface area contributed by atoms with E-state index < -0.39 is 12.0 Å². The molecule has 4 aromatic rings. The van der Waals surface area contributed by atoms with Crippen molar-refractivity contribution in [3.8, 4) is 11.4 Å². The van der Waals surface area contributed by atoms with Crippen molar-refractivity contribution in [2.75, 3.05) is 16.9 Å². The van der Waals surface area contributed by atoms with Crippen LogP contribution in [0, 0.1) is 9.54 Å². The molecule has 0 radical (unpaired) electrons. The van der Waals surface area contributed by atoms with Crippen LogP contribution in [0.5, 0.6) is 5.75 Å². The molecular weight excluding hydrogens is 482 g/mol. The van der Waals surface area contributed by atoms with E-state index in [1.807, 2.05) is 71.6 Å². The molecule has 2 heterocycles. The van der Waals surface area contributed by atoms with Crippen molar-refractivity contribution in [1.82, 2.24) is 14.8 Å². The summed E-state index contributed by atoms with van der Waals surface area (Å²) < 4.78 is 8.57. The van der Waals surface area contributed by atoms with Gasteiger partial charge >= 0.3 is 5.97 Å². The van der Waals surface area contributed by atoms with E-state index in [9.17, 15) is 9.90 Å². The summed E-state index contributed by atoms with van der Waals surface area (Å²) in [6, 6.07) is 22.6. The first-order valence-electron chi connectivity index (χ1n) is 11.0. The van der Waals surface area contributed by atoms with E-state index in [0.29, 0.717) is 28.3 Å². The van der Waals surface area contributed by atoms with Crippen LogP contribution in [0.15, 0.2) is 72.8 Å². The van der Waals surface area contributed by atoms with Gasteiger partial charge in [-0.25, -0.2) is 4.79 Å². The number of anilines is 2. The van der Waals surface area contributed by atoms with E-state index in [4.69, 9.17) is 29.2 Å². The molecule has 0 fully saturated rings. The minimum absolute atomic E-state index is 0.253. The highest BCUT2D eigenvalue weighted by atomic mass is 32.1. The number of carboxylic acid groups (broad SMARTS) is 1. The number of aromatic nitrogens is 3. The number of nitrogens with zero attached hydrogens (tertiary/aromatic N) is 2. The van der Waals surface area contributed by atoms with E-state index in [0.717, 1.165) is 28.2 Å². The Morgan fingerprint density at radius 2 is 1.69 bits per heavy atom. The fraction of sp³-hybridized carbons (Fsp3) is 0.160. The third-order valence-corrected chi connectivity index (χ3v) is 6.57. The number of H-pyrrole nitrogens is 2. The summed E-state index contributed by atoms with van der Waals surface area (Å²) in [6.07, 6.45) is 0.478. The standard InChI is InChI=1S/C25H23N5O3S2/c31-23(32)22-12-16-4-1-2-5-17(16)14-29(22)19-8-10-21(11-9-19)33-15-26-18-6-3-7-20(13-18)30-24(34)27-28-25(30)35/h1-11,13,22,26H,12,14-15H2,(H,27,34)(H,28,35)(H,31,32). The molecule has 1 aliphatic rings. The van der Waals surface area contributed by atoms with Crippen LogP contribution < -0.4 is 15.0 Å². The summed E-state index contributed by atoms with van der Waals surface area (Å²) >= 11 is 10.6. The van der Waals surface area contributed by atoms with Crippen LogP contribution in [-0.2, 0) is 17.8 Å². The van der Waals surface area contributed by atoms with Gasteiger partial charge in [0.25, 0.3) is 0 Å². The topological polar surface area (TPSA) is 98.3 Å². The van der Waals surface area contributed by atoms with E-state index in [-0.39, 0.29) is 6.73 Å². The molecule has 10 heteroatoms. The van der Waals surface area contributed by atoms with E-state index in [1.165, 1.54) is 0 Å². The van der Waals surface area contributed by atoms with Crippen LogP contribution in [0.1, 0.15) is 11.1 Å². The number of carboxylic acids is 1. The molecule has 5 rings (SSSR count). The van der Waals surface area contributed by atoms with Crippen LogP contribution >= 0.6 is 24.4 Å². The maximum Gasteiger partial charge on any atom is 0.326 e. The third kappa shape index (κ3) is 4.84. The molecular formula is C25H23N5O3S2. The zero-order valence-electron chi connectivity index (χ0n) is 18.6. The normalized spacial score (nSPS) is 14.9. The summed E-state index contributed by atoms with van der Waals surface area (Å²) in [4.78, 5) is 13.9. The van der Waals surface area contributed by atoms with E-state index in [1.54, 1.807) is 4.57 Å². The number of hydrogen-bond acceptors (Lipinski definition) is 6. The Morgan fingerprint density at radius 3 is 2.40 bits per heavy atom. The lowest BCUT2D eigenvalue weighted by Gasteiger charge is -2.36. The summed E-state index contributed by atoms with van der Waals surface area (Å²) in [5.74, 6) is -0.148. The predicted octanol–water partition coefficient (Wildman–Crippen LogP) is 5.06. The Bertz CT molecular complexity index is 1450. The second-order valence-corrected chi connectivity index (χ2v) is 8.93. The number of hydrogen-bond donors (Lipinski definition) is 4. The summed E-state index contributed by atoms with van der Waals surface area (Å²) in [5.41, 5.74) is 4.78. The van der Waals surface area contributed by atoms with Gasteiger partial charge in [-0.1, -0.05) is 30.3 Å². The second-order valence-electron chi connectivity index (χ2n) is 8.16. The number of aromatic amines is 2. The van der Waals surface area contributed by atoms with Gasteiger partial charge in [0.2, 0.25) is 0 Å². The molecule has 4 N–H and O–H groups in total. The number of benzene rings is 3. The van der Waals surface area contributed by atoms with Gasteiger partial charge in [-0.3, -0.25) is 14.8 Å². The Labute approximate surface area is 211 Å². The van der Waals surface area contributed by atoms with Crippen molar-refractivity contribution in [3.05, 3.63) is 93.5 Å². The van der Waals surface area contributed by atoms with Gasteiger partial charge in [0, 0.05) is 24.3 Å². The number of rotatable bonds is 7. The van der Waals surface area contributed by atoms with Crippen LogP contribution in [0.4, 0.5) is 11.4 Å². The molecule has 178 valence electrons. The van der Waals surface area contributed by atoms with Gasteiger partial charge in [0.1, 0.15) is 11.8 Å². The minimum Gasteiger partial charge on any atom is -0.480 e. The maximum absolute atomic E-state index is 11.9. The van der Waals surface area contributed by atoms with Crippen molar-refractivity contribution >= 4 is 41.8 Å². The Hall–Kier alpha value is -3.89. The largest absolute Gasteiger partial charge is 0.480 e. The number of carbonyl (C=O) groups is 1. The van der Waals surface area contributed by atoms with Crippen LogP contribution in [0.3, 0.4) is 0 Å². The SMILES string of the molecule is O=C(O)C1Cc2ccccc2CN1c1ccc(OCNc2cccc(-n3c(=S)[nH][nH]c3=S)c2)cc1. The van der Waals surface area contributed by atoms with Crippen molar-refractivity contribution in [2.24, 2.45) is 0 Å². The molecule has 1 unspecified atom stereocenters. The number of ether oxygens (including phenoxy) is 1. The average Bonchev–Trinajstić information content (AvgIpc) is 3.21. The Balaban J connectivity index is 1.24. The molecule has 0 aliphatic carbocycles. The second kappa shape index (κ2) is 9.77. The van der Waals surface area contributed by atoms with Crippen LogP contribution in [-0.4, -0.2) is 38.6 Å². The van der Waals surface area contributed by atoms with Crippen molar-refractivity contribution in [2.45, 2.75) is 19.0 Å². The van der Waals surface area contributed by atoms with Gasteiger partial charge in [-0.15, -0.1) is 0 Å². The third-order valence-electron chi connectivity index (χ3n) is 6.00. The lowest BCUT2D eigenvalue weighted by molar-refractivity contribution is -0.138. The predicted molar refractivity (Wildman–Crippen MR) is 139 cm³/mol. The van der Waals surface area contributed by atoms with Gasteiger partial charge in [-0.05, 0) is 78.0 Å². The molecule has 0 saturated heterocycles. The first kappa shape index (κ1) is 22.9. The number of fused-ring (bicyclic) bond motifs is 1. The highest BCUT2D eigenvalue weighted by Gasteiger charge is 2.31. The molecule has 0 amide bonds. The fourth-order valence-corrected chi connectivity index (χ4v) is 4.81. The Morgan fingerprint density at radius 1 is 0.971 bits per heavy atom. The average molecular weight is 506 g/mol. The molecule has 35 heavy (non-hydrogen) atoms. The van der Waals surface area contributed by atoms with Crippen molar-refractivity contribution in [1.29, 1.82) is 0 Å². The van der Waals surface area contributed by atoms with E-state index >= 15 is 0 Å². The lowest BCUT2D eigenvalue weighted by atomic mass is 9.93. The molecule has 0 spiro atoms. The molecule has 1 aromatic heterocycles. The monoisotopic (exact) mass is 505 g/mol. The maximum atomic E-state index is 11.9. The molecule has 0 saturated carbocycles. The van der Waals surface area contributed by atoms with Gasteiger partial charge in [0.15, 0.2) is 16.3 Å². The highest BCUT2D eigenvalue weighted by Crippen LogP contribution is 2.30. The van der Waals surface area contributed by atoms with Gasteiger partial charge in [0.05, 0.1) is 5.69 Å². The molecule has 1 aliphatic heterocycles.